The molecule has 1 N–H and O–H groups in total. The maximum atomic E-state index is 12.6. The number of nitrogens with zero attached hydrogens (tertiary/aromatic N) is 2. The van der Waals surface area contributed by atoms with Gasteiger partial charge in [0, 0.05) is 28.1 Å². The lowest BCUT2D eigenvalue weighted by Crippen LogP contribution is -2.12. The van der Waals surface area contributed by atoms with Gasteiger partial charge >= 0.3 is 0 Å². The number of anilines is 1. The molecule has 2 heterocycles. The highest BCUT2D eigenvalue weighted by molar-refractivity contribution is 9.10. The number of nitrogens with one attached hydrogen (secondary N) is 1. The molecule has 1 amide bonds. The summed E-state index contributed by atoms with van der Waals surface area (Å²) in [5, 5.41) is 2.86. The number of hydrogen-bond donors (Lipinski definition) is 1. The molecule has 146 valence electrons. The number of hydrogen-bond acceptors (Lipinski definition) is 6. The lowest BCUT2D eigenvalue weighted by Gasteiger charge is -2.10. The summed E-state index contributed by atoms with van der Waals surface area (Å²) < 4.78 is 17.1. The Morgan fingerprint density at radius 3 is 2.62 bits per heavy atom. The van der Waals surface area contributed by atoms with Gasteiger partial charge < -0.3 is 19.2 Å². The minimum Gasteiger partial charge on any atom is -0.493 e. The number of halogens is 1. The van der Waals surface area contributed by atoms with E-state index in [2.05, 4.69) is 31.2 Å². The van der Waals surface area contributed by atoms with Crippen LogP contribution in [0.1, 0.15) is 10.4 Å². The van der Waals surface area contributed by atoms with Crippen LogP contribution in [0.4, 0.5) is 5.69 Å². The van der Waals surface area contributed by atoms with Crippen LogP contribution in [0.3, 0.4) is 0 Å². The van der Waals surface area contributed by atoms with Crippen molar-refractivity contribution in [2.45, 2.75) is 0 Å². The molecule has 0 saturated heterocycles. The van der Waals surface area contributed by atoms with Crippen molar-refractivity contribution >= 4 is 38.6 Å². The van der Waals surface area contributed by atoms with Crippen LogP contribution < -0.4 is 14.8 Å². The molecule has 2 aromatic carbocycles. The van der Waals surface area contributed by atoms with Gasteiger partial charge in [0.05, 0.1) is 19.8 Å². The number of rotatable bonds is 5. The Kier molecular flexibility index (Phi) is 5.18. The molecule has 4 aromatic rings. The molecule has 0 aliphatic carbocycles. The zero-order valence-electron chi connectivity index (χ0n) is 15.6. The Hall–Kier alpha value is -3.39. The predicted molar refractivity (Wildman–Crippen MR) is 112 cm³/mol. The van der Waals surface area contributed by atoms with Crippen LogP contribution in [0.2, 0.25) is 0 Å². The van der Waals surface area contributed by atoms with E-state index in [-0.39, 0.29) is 5.91 Å². The van der Waals surface area contributed by atoms with E-state index >= 15 is 0 Å². The van der Waals surface area contributed by atoms with Crippen LogP contribution in [-0.4, -0.2) is 30.1 Å². The number of aromatic nitrogens is 2. The lowest BCUT2D eigenvalue weighted by atomic mass is 10.1. The molecule has 7 nitrogen and oxygen atoms in total. The van der Waals surface area contributed by atoms with Gasteiger partial charge in [-0.3, -0.25) is 9.78 Å². The molecule has 2 aromatic heterocycles. The van der Waals surface area contributed by atoms with Gasteiger partial charge in [-0.25, -0.2) is 4.98 Å². The zero-order valence-corrected chi connectivity index (χ0v) is 17.2. The Balaban J connectivity index is 1.59. The molecule has 0 spiro atoms. The average molecular weight is 454 g/mol. The fourth-order valence-corrected chi connectivity index (χ4v) is 3.20. The fourth-order valence-electron chi connectivity index (χ4n) is 2.84. The second-order valence-corrected chi connectivity index (χ2v) is 7.03. The Morgan fingerprint density at radius 1 is 1.03 bits per heavy atom. The first kappa shape index (κ1) is 18.9. The van der Waals surface area contributed by atoms with Crippen molar-refractivity contribution < 1.29 is 18.7 Å². The molecule has 0 radical (unpaired) electrons. The number of carbonyl (C=O) groups is 1. The summed E-state index contributed by atoms with van der Waals surface area (Å²) in [6, 6.07) is 12.1. The predicted octanol–water partition coefficient (Wildman–Crippen LogP) is 4.92. The number of pyridine rings is 1. The SMILES string of the molecule is COc1ccc(C(=O)Nc2ccc3oc(-c4cncc(Br)c4)nc3c2)cc1OC. The van der Waals surface area contributed by atoms with Crippen molar-refractivity contribution in [1.29, 1.82) is 0 Å². The number of fused-ring (bicyclic) bond motifs is 1. The molecule has 0 saturated carbocycles. The van der Waals surface area contributed by atoms with E-state index in [1.807, 2.05) is 6.07 Å². The van der Waals surface area contributed by atoms with Crippen LogP contribution in [-0.2, 0) is 0 Å². The van der Waals surface area contributed by atoms with Gasteiger partial charge in [0.2, 0.25) is 5.89 Å². The third-order valence-corrected chi connectivity index (χ3v) is 4.68. The normalized spacial score (nSPS) is 10.7. The summed E-state index contributed by atoms with van der Waals surface area (Å²) in [5.74, 6) is 1.23. The van der Waals surface area contributed by atoms with Crippen molar-refractivity contribution in [3.63, 3.8) is 0 Å². The van der Waals surface area contributed by atoms with Crippen molar-refractivity contribution in [3.8, 4) is 23.0 Å². The Morgan fingerprint density at radius 2 is 1.86 bits per heavy atom. The molecule has 0 bridgehead atoms. The number of ether oxygens (including phenoxy) is 2. The van der Waals surface area contributed by atoms with Gasteiger partial charge in [0.1, 0.15) is 5.52 Å². The number of benzene rings is 2. The van der Waals surface area contributed by atoms with E-state index in [9.17, 15) is 4.79 Å². The summed E-state index contributed by atoms with van der Waals surface area (Å²) >= 11 is 3.39. The third-order valence-electron chi connectivity index (χ3n) is 4.24. The van der Waals surface area contributed by atoms with E-state index in [4.69, 9.17) is 13.9 Å². The first-order valence-corrected chi connectivity index (χ1v) is 9.41. The average Bonchev–Trinajstić information content (AvgIpc) is 3.16. The quantitative estimate of drug-likeness (QED) is 0.461. The van der Waals surface area contributed by atoms with E-state index < -0.39 is 0 Å². The number of oxazole rings is 1. The molecular formula is C21H16BrN3O4. The highest BCUT2D eigenvalue weighted by Crippen LogP contribution is 2.29. The summed E-state index contributed by atoms with van der Waals surface area (Å²) in [6.45, 7) is 0. The van der Waals surface area contributed by atoms with Crippen LogP contribution in [0, 0.1) is 0 Å². The summed E-state index contributed by atoms with van der Waals surface area (Å²) in [4.78, 5) is 21.2. The van der Waals surface area contributed by atoms with E-state index in [1.54, 1.807) is 55.9 Å². The largest absolute Gasteiger partial charge is 0.493 e. The monoisotopic (exact) mass is 453 g/mol. The smallest absolute Gasteiger partial charge is 0.255 e. The second-order valence-electron chi connectivity index (χ2n) is 6.12. The number of amides is 1. The number of carbonyl (C=O) groups excluding carboxylic acids is 1. The van der Waals surface area contributed by atoms with Crippen molar-refractivity contribution in [1.82, 2.24) is 9.97 Å². The molecule has 0 fully saturated rings. The molecule has 0 unspecified atom stereocenters. The van der Waals surface area contributed by atoms with Crippen molar-refractivity contribution in [3.05, 3.63) is 64.9 Å². The zero-order chi connectivity index (χ0) is 20.4. The van der Waals surface area contributed by atoms with Crippen molar-refractivity contribution in [2.75, 3.05) is 19.5 Å². The second kappa shape index (κ2) is 7.92. The van der Waals surface area contributed by atoms with Gasteiger partial charge in [-0.15, -0.1) is 0 Å². The standard InChI is InChI=1S/C21H16BrN3O4/c1-27-18-5-3-12(8-19(18)28-2)20(26)24-15-4-6-17-16(9-15)25-21(29-17)13-7-14(22)11-23-10-13/h3-11H,1-2H3,(H,24,26). The molecular weight excluding hydrogens is 438 g/mol. The van der Waals surface area contributed by atoms with Gasteiger partial charge in [0.25, 0.3) is 5.91 Å². The molecule has 0 aliphatic heterocycles. The lowest BCUT2D eigenvalue weighted by molar-refractivity contribution is 0.102. The summed E-state index contributed by atoms with van der Waals surface area (Å²) in [7, 11) is 3.07. The van der Waals surface area contributed by atoms with Crippen LogP contribution >= 0.6 is 15.9 Å². The minimum absolute atomic E-state index is 0.273. The fraction of sp³-hybridized carbons (Fsp3) is 0.0952. The first-order valence-electron chi connectivity index (χ1n) is 8.62. The van der Waals surface area contributed by atoms with Crippen LogP contribution in [0.15, 0.2) is 63.7 Å². The topological polar surface area (TPSA) is 86.5 Å². The Labute approximate surface area is 174 Å². The van der Waals surface area contributed by atoms with Crippen LogP contribution in [0.25, 0.3) is 22.6 Å². The highest BCUT2D eigenvalue weighted by atomic mass is 79.9. The molecule has 29 heavy (non-hydrogen) atoms. The van der Waals surface area contributed by atoms with E-state index in [1.165, 1.54) is 7.11 Å². The van der Waals surface area contributed by atoms with Crippen LogP contribution in [0.5, 0.6) is 11.5 Å². The molecule has 0 aliphatic rings. The van der Waals surface area contributed by atoms with E-state index in [0.29, 0.717) is 39.7 Å². The summed E-state index contributed by atoms with van der Waals surface area (Å²) in [6.07, 6.45) is 3.36. The maximum Gasteiger partial charge on any atom is 0.255 e. The number of methoxy groups -OCH3 is 2. The first-order chi connectivity index (χ1) is 14.1. The van der Waals surface area contributed by atoms with Gasteiger partial charge in [-0.1, -0.05) is 0 Å². The molecule has 4 rings (SSSR count). The molecule has 8 heteroatoms. The van der Waals surface area contributed by atoms with Gasteiger partial charge in [0.15, 0.2) is 17.1 Å². The summed E-state index contributed by atoms with van der Waals surface area (Å²) in [5.41, 5.74) is 3.05. The van der Waals surface area contributed by atoms with Gasteiger partial charge in [-0.2, -0.15) is 0 Å². The highest BCUT2D eigenvalue weighted by Gasteiger charge is 2.13. The third kappa shape index (κ3) is 3.93. The van der Waals surface area contributed by atoms with Gasteiger partial charge in [-0.05, 0) is 58.4 Å². The molecule has 0 atom stereocenters. The Bertz CT molecular complexity index is 1210. The minimum atomic E-state index is -0.273. The maximum absolute atomic E-state index is 12.6. The van der Waals surface area contributed by atoms with E-state index in [0.717, 1.165) is 10.0 Å². The van der Waals surface area contributed by atoms with Crippen molar-refractivity contribution in [2.24, 2.45) is 0 Å².